The molecule has 17 heavy (non-hydrogen) atoms. The van der Waals surface area contributed by atoms with Gasteiger partial charge in [-0.25, -0.2) is 0 Å². The molecule has 0 aromatic heterocycles. The zero-order valence-corrected chi connectivity index (χ0v) is 10.2. The van der Waals surface area contributed by atoms with Gasteiger partial charge in [0.25, 0.3) is 0 Å². The van der Waals surface area contributed by atoms with Gasteiger partial charge in [-0.15, -0.1) is 0 Å². The van der Waals surface area contributed by atoms with Gasteiger partial charge < -0.3 is 20.4 Å². The number of aliphatic carboxylic acids is 1. The van der Waals surface area contributed by atoms with Crippen molar-refractivity contribution in [2.75, 3.05) is 6.61 Å². The Bertz CT molecular complexity index is 195. The maximum absolute atomic E-state index is 10.3. The molecule has 0 aliphatic carbocycles. The van der Waals surface area contributed by atoms with Crippen LogP contribution in [0.1, 0.15) is 51.4 Å². The lowest BCUT2D eigenvalue weighted by molar-refractivity contribution is -0.137. The lowest BCUT2D eigenvalue weighted by Crippen LogP contribution is -2.13. The van der Waals surface area contributed by atoms with E-state index in [0.29, 0.717) is 38.5 Å². The predicted octanol–water partition coefficient (Wildman–Crippen LogP) is 0.906. The average Bonchev–Trinajstić information content (AvgIpc) is 2.26. The average molecular weight is 248 g/mol. The Morgan fingerprint density at radius 1 is 0.882 bits per heavy atom. The number of rotatable bonds is 11. The number of carbonyl (C=O) groups is 1. The fraction of sp³-hybridized carbons (Fsp3) is 0.917. The van der Waals surface area contributed by atoms with Crippen molar-refractivity contribution in [2.45, 2.75) is 63.6 Å². The summed E-state index contributed by atoms with van der Waals surface area (Å²) in [6.45, 7) is 0.143. The second kappa shape index (κ2) is 10.5. The van der Waals surface area contributed by atoms with Crippen LogP contribution >= 0.6 is 0 Å². The molecule has 0 aliphatic rings. The Labute approximate surface area is 102 Å². The molecule has 0 radical (unpaired) electrons. The highest BCUT2D eigenvalue weighted by Gasteiger charge is 2.09. The molecule has 2 unspecified atom stereocenters. The summed E-state index contributed by atoms with van der Waals surface area (Å²) in [6, 6.07) is 0. The summed E-state index contributed by atoms with van der Waals surface area (Å²) in [5.74, 6) is -0.846. The molecule has 102 valence electrons. The van der Waals surface area contributed by atoms with Crippen molar-refractivity contribution in [3.8, 4) is 0 Å². The Morgan fingerprint density at radius 3 is 1.88 bits per heavy atom. The molecule has 0 rings (SSSR count). The lowest BCUT2D eigenvalue weighted by Gasteiger charge is -2.13. The van der Waals surface area contributed by atoms with Crippen LogP contribution in [0.5, 0.6) is 0 Å². The van der Waals surface area contributed by atoms with Crippen LogP contribution in [0.3, 0.4) is 0 Å². The number of aliphatic hydroxyl groups is 3. The van der Waals surface area contributed by atoms with Gasteiger partial charge in [0.2, 0.25) is 0 Å². The van der Waals surface area contributed by atoms with Crippen LogP contribution in [-0.4, -0.2) is 45.2 Å². The van der Waals surface area contributed by atoms with Crippen LogP contribution in [0.2, 0.25) is 0 Å². The first-order chi connectivity index (χ1) is 8.06. The molecule has 4 N–H and O–H groups in total. The van der Waals surface area contributed by atoms with Gasteiger partial charge in [0, 0.05) is 13.0 Å². The third kappa shape index (κ3) is 11.6. The number of hydrogen-bond acceptors (Lipinski definition) is 4. The molecular formula is C12H24O5. The first-order valence-electron chi connectivity index (χ1n) is 6.25. The standard InChI is InChI=1S/C12H24O5/c13-9-2-1-4-10(14)7-8-11(15)5-3-6-12(16)17/h10-11,13-15H,1-9H2,(H,16,17). The van der Waals surface area contributed by atoms with Gasteiger partial charge in [0.05, 0.1) is 12.2 Å². The van der Waals surface area contributed by atoms with Crippen molar-refractivity contribution in [1.29, 1.82) is 0 Å². The van der Waals surface area contributed by atoms with Gasteiger partial charge in [-0.1, -0.05) is 0 Å². The van der Waals surface area contributed by atoms with Crippen molar-refractivity contribution in [2.24, 2.45) is 0 Å². The van der Waals surface area contributed by atoms with Crippen LogP contribution in [-0.2, 0) is 4.79 Å². The second-order valence-electron chi connectivity index (χ2n) is 4.39. The topological polar surface area (TPSA) is 98.0 Å². The van der Waals surface area contributed by atoms with E-state index in [0.717, 1.165) is 6.42 Å². The summed E-state index contributed by atoms with van der Waals surface area (Å²) >= 11 is 0. The molecule has 0 saturated carbocycles. The minimum absolute atomic E-state index is 0.0795. The normalized spacial score (nSPS) is 14.5. The largest absolute Gasteiger partial charge is 0.481 e. The zero-order chi connectivity index (χ0) is 13.1. The fourth-order valence-corrected chi connectivity index (χ4v) is 1.65. The van der Waals surface area contributed by atoms with Crippen LogP contribution in [0, 0.1) is 0 Å². The SMILES string of the molecule is O=C(O)CCCC(O)CCC(O)CCCCO. The van der Waals surface area contributed by atoms with E-state index in [2.05, 4.69) is 0 Å². The van der Waals surface area contributed by atoms with Crippen molar-refractivity contribution >= 4 is 5.97 Å². The van der Waals surface area contributed by atoms with Crippen molar-refractivity contribution in [3.63, 3.8) is 0 Å². The van der Waals surface area contributed by atoms with Crippen LogP contribution in [0.4, 0.5) is 0 Å². The van der Waals surface area contributed by atoms with Gasteiger partial charge >= 0.3 is 5.97 Å². The molecule has 5 heteroatoms. The highest BCUT2D eigenvalue weighted by atomic mass is 16.4. The number of hydrogen-bond donors (Lipinski definition) is 4. The van der Waals surface area contributed by atoms with E-state index in [1.54, 1.807) is 0 Å². The quantitative estimate of drug-likeness (QED) is 0.407. The lowest BCUT2D eigenvalue weighted by atomic mass is 10.0. The van der Waals surface area contributed by atoms with Crippen molar-refractivity contribution < 1.29 is 25.2 Å². The highest BCUT2D eigenvalue weighted by Crippen LogP contribution is 2.12. The number of unbranched alkanes of at least 4 members (excludes halogenated alkanes) is 1. The first kappa shape index (κ1) is 16.4. The Morgan fingerprint density at radius 2 is 1.41 bits per heavy atom. The summed E-state index contributed by atoms with van der Waals surface area (Å²) in [5.41, 5.74) is 0. The molecule has 0 aromatic carbocycles. The summed E-state index contributed by atoms with van der Waals surface area (Å²) in [5, 5.41) is 36.1. The maximum Gasteiger partial charge on any atom is 0.303 e. The van der Waals surface area contributed by atoms with Gasteiger partial charge in [0.15, 0.2) is 0 Å². The Hall–Kier alpha value is -0.650. The molecule has 0 heterocycles. The fourth-order valence-electron chi connectivity index (χ4n) is 1.65. The maximum atomic E-state index is 10.3. The minimum Gasteiger partial charge on any atom is -0.481 e. The van der Waals surface area contributed by atoms with E-state index >= 15 is 0 Å². The van der Waals surface area contributed by atoms with E-state index in [1.807, 2.05) is 0 Å². The highest BCUT2D eigenvalue weighted by molar-refractivity contribution is 5.66. The zero-order valence-electron chi connectivity index (χ0n) is 10.2. The molecule has 5 nitrogen and oxygen atoms in total. The minimum atomic E-state index is -0.846. The number of aliphatic hydroxyl groups excluding tert-OH is 3. The molecule has 0 amide bonds. The van der Waals surface area contributed by atoms with Crippen molar-refractivity contribution in [3.05, 3.63) is 0 Å². The molecule has 0 bridgehead atoms. The van der Waals surface area contributed by atoms with Crippen LogP contribution < -0.4 is 0 Å². The summed E-state index contributed by atoms with van der Waals surface area (Å²) < 4.78 is 0. The third-order valence-corrected chi connectivity index (χ3v) is 2.71. The van der Waals surface area contributed by atoms with E-state index < -0.39 is 18.2 Å². The molecule has 0 saturated heterocycles. The van der Waals surface area contributed by atoms with Gasteiger partial charge in [-0.05, 0) is 44.9 Å². The van der Waals surface area contributed by atoms with Gasteiger partial charge in [-0.3, -0.25) is 4.79 Å². The summed E-state index contributed by atoms with van der Waals surface area (Å²) in [6.07, 6.45) is 3.20. The van der Waals surface area contributed by atoms with E-state index in [9.17, 15) is 15.0 Å². The molecule has 0 spiro atoms. The van der Waals surface area contributed by atoms with Crippen molar-refractivity contribution in [1.82, 2.24) is 0 Å². The van der Waals surface area contributed by atoms with E-state index in [4.69, 9.17) is 10.2 Å². The molecular weight excluding hydrogens is 224 g/mol. The van der Waals surface area contributed by atoms with Gasteiger partial charge in [-0.2, -0.15) is 0 Å². The summed E-state index contributed by atoms with van der Waals surface area (Å²) in [4.78, 5) is 10.3. The van der Waals surface area contributed by atoms with Gasteiger partial charge in [0.1, 0.15) is 0 Å². The van der Waals surface area contributed by atoms with Crippen LogP contribution in [0.15, 0.2) is 0 Å². The van der Waals surface area contributed by atoms with Crippen LogP contribution in [0.25, 0.3) is 0 Å². The monoisotopic (exact) mass is 248 g/mol. The van der Waals surface area contributed by atoms with E-state index in [-0.39, 0.29) is 13.0 Å². The predicted molar refractivity (Wildman–Crippen MR) is 63.7 cm³/mol. The summed E-state index contributed by atoms with van der Waals surface area (Å²) in [7, 11) is 0. The Kier molecular flexibility index (Phi) is 10.1. The molecule has 0 aromatic rings. The molecule has 0 aliphatic heterocycles. The molecule has 0 fully saturated rings. The second-order valence-corrected chi connectivity index (χ2v) is 4.39. The number of carboxylic acid groups (broad SMARTS) is 1. The third-order valence-electron chi connectivity index (χ3n) is 2.71. The first-order valence-corrected chi connectivity index (χ1v) is 6.25. The Balaban J connectivity index is 3.41. The smallest absolute Gasteiger partial charge is 0.303 e. The number of carboxylic acids is 1. The molecule has 2 atom stereocenters. The van der Waals surface area contributed by atoms with E-state index in [1.165, 1.54) is 0 Å².